The van der Waals surface area contributed by atoms with Crippen LogP contribution in [0.3, 0.4) is 0 Å². The maximum absolute atomic E-state index is 12.8. The standard InChI is InChI=1S/C20H17NO4S2/c1-2-25-15-10-8-13(9-11-15)12-16-18(22)21(20(26)27-16)17(19(23)24)14-6-4-3-5-7-14/h3-12,17H,2H2,1H3,(H,23,24)/p-1/b16-12-/t17-/m0/s1. The molecule has 0 aliphatic carbocycles. The van der Waals surface area contributed by atoms with Gasteiger partial charge in [0.1, 0.15) is 16.1 Å². The van der Waals surface area contributed by atoms with Crippen molar-refractivity contribution < 1.29 is 19.4 Å². The first-order chi connectivity index (χ1) is 13.0. The molecule has 0 spiro atoms. The Kier molecular flexibility index (Phi) is 5.93. The van der Waals surface area contributed by atoms with Gasteiger partial charge in [-0.25, -0.2) is 0 Å². The first-order valence-corrected chi connectivity index (χ1v) is 9.49. The van der Waals surface area contributed by atoms with E-state index >= 15 is 0 Å². The number of carboxylic acids is 1. The Morgan fingerprint density at radius 2 is 1.89 bits per heavy atom. The summed E-state index contributed by atoms with van der Waals surface area (Å²) in [5.41, 5.74) is 1.24. The Morgan fingerprint density at radius 1 is 1.22 bits per heavy atom. The number of thiocarbonyl (C=S) groups is 1. The van der Waals surface area contributed by atoms with E-state index in [2.05, 4.69) is 0 Å². The zero-order valence-electron chi connectivity index (χ0n) is 14.5. The van der Waals surface area contributed by atoms with Crippen molar-refractivity contribution in [3.8, 4) is 5.75 Å². The summed E-state index contributed by atoms with van der Waals surface area (Å²) >= 11 is 6.36. The molecule has 1 aliphatic heterocycles. The normalized spacial score (nSPS) is 16.6. The molecule has 1 fully saturated rings. The molecular formula is C20H16NO4S2-. The number of ether oxygens (including phenoxy) is 1. The number of thioether (sulfide) groups is 1. The van der Waals surface area contributed by atoms with Crippen LogP contribution in [0.15, 0.2) is 59.5 Å². The minimum atomic E-state index is -1.38. The highest BCUT2D eigenvalue weighted by Crippen LogP contribution is 2.38. The number of hydrogen-bond acceptors (Lipinski definition) is 6. The fourth-order valence-electron chi connectivity index (χ4n) is 2.71. The lowest BCUT2D eigenvalue weighted by Gasteiger charge is -2.27. The molecule has 2 aromatic rings. The predicted molar refractivity (Wildman–Crippen MR) is 107 cm³/mol. The number of rotatable bonds is 6. The molecule has 27 heavy (non-hydrogen) atoms. The maximum Gasteiger partial charge on any atom is 0.267 e. The molecule has 7 heteroatoms. The van der Waals surface area contributed by atoms with Crippen LogP contribution in [0, 0.1) is 0 Å². The Morgan fingerprint density at radius 3 is 2.48 bits per heavy atom. The first kappa shape index (κ1) is 19.1. The lowest BCUT2D eigenvalue weighted by Crippen LogP contribution is -2.43. The molecule has 0 N–H and O–H groups in total. The fraction of sp³-hybridized carbons (Fsp3) is 0.150. The number of hydrogen-bond donors (Lipinski definition) is 0. The molecule has 1 amide bonds. The van der Waals surface area contributed by atoms with E-state index in [1.54, 1.807) is 36.4 Å². The van der Waals surface area contributed by atoms with Crippen LogP contribution >= 0.6 is 24.0 Å². The van der Waals surface area contributed by atoms with Crippen LogP contribution in [0.1, 0.15) is 24.1 Å². The fourth-order valence-corrected chi connectivity index (χ4v) is 4.02. The number of carbonyl (C=O) groups is 2. The third-order valence-corrected chi connectivity index (χ3v) is 5.24. The summed E-state index contributed by atoms with van der Waals surface area (Å²) in [7, 11) is 0. The number of benzene rings is 2. The van der Waals surface area contributed by atoms with Crippen molar-refractivity contribution in [3.63, 3.8) is 0 Å². The van der Waals surface area contributed by atoms with E-state index in [1.165, 1.54) is 0 Å². The van der Waals surface area contributed by atoms with E-state index in [9.17, 15) is 14.7 Å². The number of carbonyl (C=O) groups excluding carboxylic acids is 2. The van der Waals surface area contributed by atoms with Crippen LogP contribution in [-0.2, 0) is 9.59 Å². The van der Waals surface area contributed by atoms with Gasteiger partial charge in [-0.2, -0.15) is 0 Å². The molecule has 0 aromatic heterocycles. The zero-order chi connectivity index (χ0) is 19.4. The van der Waals surface area contributed by atoms with Crippen LogP contribution in [0.2, 0.25) is 0 Å². The van der Waals surface area contributed by atoms with Gasteiger partial charge < -0.3 is 14.6 Å². The van der Waals surface area contributed by atoms with Gasteiger partial charge in [-0.3, -0.25) is 9.69 Å². The summed E-state index contributed by atoms with van der Waals surface area (Å²) in [5, 5.41) is 11.7. The SMILES string of the molecule is CCOc1ccc(/C=C2\SC(=S)N([C@H](C(=O)[O-])c3ccccc3)C2=O)cc1. The van der Waals surface area contributed by atoms with Crippen molar-refractivity contribution in [2.75, 3.05) is 6.61 Å². The van der Waals surface area contributed by atoms with Gasteiger partial charge in [0.25, 0.3) is 5.91 Å². The van der Waals surface area contributed by atoms with E-state index < -0.39 is 17.9 Å². The van der Waals surface area contributed by atoms with Crippen LogP contribution in [0.5, 0.6) is 5.75 Å². The van der Waals surface area contributed by atoms with Crippen LogP contribution in [0.4, 0.5) is 0 Å². The molecular weight excluding hydrogens is 382 g/mol. The van der Waals surface area contributed by atoms with Gasteiger partial charge in [-0.1, -0.05) is 66.4 Å². The van der Waals surface area contributed by atoms with Gasteiger partial charge >= 0.3 is 0 Å². The second-order valence-corrected chi connectivity index (χ2v) is 7.36. The molecule has 0 unspecified atom stereocenters. The molecule has 1 saturated heterocycles. The highest BCUT2D eigenvalue weighted by molar-refractivity contribution is 8.26. The number of amides is 1. The molecule has 2 aromatic carbocycles. The van der Waals surface area contributed by atoms with Crippen molar-refractivity contribution in [1.29, 1.82) is 0 Å². The lowest BCUT2D eigenvalue weighted by molar-refractivity contribution is -0.310. The molecule has 1 heterocycles. The van der Waals surface area contributed by atoms with Crippen molar-refractivity contribution in [2.24, 2.45) is 0 Å². The third kappa shape index (κ3) is 4.20. The Bertz CT molecular complexity index is 894. The van der Waals surface area contributed by atoms with Crippen molar-refractivity contribution in [3.05, 3.63) is 70.6 Å². The average molecular weight is 398 g/mol. The van der Waals surface area contributed by atoms with E-state index in [1.807, 2.05) is 31.2 Å². The summed E-state index contributed by atoms with van der Waals surface area (Å²) in [6.07, 6.45) is 1.69. The Hall–Kier alpha value is -2.64. The van der Waals surface area contributed by atoms with Crippen molar-refractivity contribution >= 4 is 46.3 Å². The van der Waals surface area contributed by atoms with Crippen molar-refractivity contribution in [2.45, 2.75) is 13.0 Å². The third-order valence-electron chi connectivity index (χ3n) is 3.91. The van der Waals surface area contributed by atoms with Gasteiger partial charge in [0.2, 0.25) is 0 Å². The molecule has 0 bridgehead atoms. The summed E-state index contributed by atoms with van der Waals surface area (Å²) in [5.74, 6) is -1.08. The molecule has 1 aliphatic rings. The maximum atomic E-state index is 12.8. The quantitative estimate of drug-likeness (QED) is 0.551. The van der Waals surface area contributed by atoms with E-state index in [-0.39, 0.29) is 4.32 Å². The molecule has 0 saturated carbocycles. The molecule has 3 rings (SSSR count). The highest BCUT2D eigenvalue weighted by atomic mass is 32.2. The summed E-state index contributed by atoms with van der Waals surface area (Å²) in [6.45, 7) is 2.47. The predicted octanol–water partition coefficient (Wildman–Crippen LogP) is 2.78. The molecule has 0 radical (unpaired) electrons. The summed E-state index contributed by atoms with van der Waals surface area (Å²) in [6, 6.07) is 14.5. The zero-order valence-corrected chi connectivity index (χ0v) is 16.1. The minimum absolute atomic E-state index is 0.190. The van der Waals surface area contributed by atoms with Gasteiger partial charge in [0.05, 0.1) is 17.5 Å². The number of carboxylic acid groups (broad SMARTS) is 1. The van der Waals surface area contributed by atoms with E-state index in [4.69, 9.17) is 17.0 Å². The van der Waals surface area contributed by atoms with E-state index in [0.717, 1.165) is 28.0 Å². The lowest BCUT2D eigenvalue weighted by atomic mass is 10.1. The summed E-state index contributed by atoms with van der Waals surface area (Å²) in [4.78, 5) is 26.0. The largest absolute Gasteiger partial charge is 0.547 e. The molecule has 138 valence electrons. The number of aliphatic carboxylic acids is 1. The monoisotopic (exact) mass is 398 g/mol. The second kappa shape index (κ2) is 8.37. The van der Waals surface area contributed by atoms with Crippen LogP contribution < -0.4 is 9.84 Å². The molecule has 1 atom stereocenters. The van der Waals surface area contributed by atoms with Crippen LogP contribution in [-0.4, -0.2) is 27.7 Å². The first-order valence-electron chi connectivity index (χ1n) is 8.27. The van der Waals surface area contributed by atoms with Gasteiger partial charge in [-0.05, 0) is 36.3 Å². The molecule has 5 nitrogen and oxygen atoms in total. The average Bonchev–Trinajstić information content (AvgIpc) is 2.92. The second-order valence-electron chi connectivity index (χ2n) is 5.69. The highest BCUT2D eigenvalue weighted by Gasteiger charge is 2.38. The van der Waals surface area contributed by atoms with Gasteiger partial charge in [0.15, 0.2) is 0 Å². The minimum Gasteiger partial charge on any atom is -0.547 e. The van der Waals surface area contributed by atoms with Crippen LogP contribution in [0.25, 0.3) is 6.08 Å². The Labute approximate surface area is 166 Å². The van der Waals surface area contributed by atoms with E-state index in [0.29, 0.717) is 17.1 Å². The van der Waals surface area contributed by atoms with Gasteiger partial charge in [-0.15, -0.1) is 0 Å². The smallest absolute Gasteiger partial charge is 0.267 e. The topological polar surface area (TPSA) is 69.7 Å². The van der Waals surface area contributed by atoms with Gasteiger partial charge in [0, 0.05) is 0 Å². The summed E-state index contributed by atoms with van der Waals surface area (Å²) < 4.78 is 5.59. The Balaban J connectivity index is 1.88. The van der Waals surface area contributed by atoms with Crippen molar-refractivity contribution in [1.82, 2.24) is 4.90 Å². The number of nitrogens with zero attached hydrogens (tertiary/aromatic N) is 1.